The number of nitrogens with zero attached hydrogens (tertiary/aromatic N) is 7. The predicted molar refractivity (Wildman–Crippen MR) is 181 cm³/mol. The molecule has 0 bridgehead atoms. The van der Waals surface area contributed by atoms with E-state index in [9.17, 15) is 27.2 Å². The molecule has 0 aliphatic carbocycles. The minimum absolute atomic E-state index is 0.0421. The van der Waals surface area contributed by atoms with Crippen LogP contribution in [0.2, 0.25) is 0 Å². The van der Waals surface area contributed by atoms with Gasteiger partial charge in [0.05, 0.1) is 35.4 Å². The molecule has 2 N–H and O–H groups in total. The molecule has 2 aliphatic rings. The lowest BCUT2D eigenvalue weighted by molar-refractivity contribution is -0.138. The monoisotopic (exact) mass is 709 g/mol. The van der Waals surface area contributed by atoms with Gasteiger partial charge in [-0.2, -0.15) is 18.3 Å². The Hall–Kier alpha value is -5.09. The quantitative estimate of drug-likeness (QED) is 0.201. The van der Waals surface area contributed by atoms with E-state index < -0.39 is 29.5 Å². The Morgan fingerprint density at radius 1 is 0.980 bits per heavy atom. The third-order valence-electron chi connectivity index (χ3n) is 9.17. The maximum atomic E-state index is 14.8. The molecule has 270 valence electrons. The third kappa shape index (κ3) is 8.45. The highest BCUT2D eigenvalue weighted by atomic mass is 19.4. The smallest absolute Gasteiger partial charge is 0.416 e. The number of hydrogen-bond donors (Lipinski definition) is 2. The highest BCUT2D eigenvalue weighted by molar-refractivity contribution is 6.03. The maximum Gasteiger partial charge on any atom is 0.416 e. The summed E-state index contributed by atoms with van der Waals surface area (Å²) in [6.07, 6.45) is 1.32. The Morgan fingerprint density at radius 3 is 2.43 bits per heavy atom. The fourth-order valence-electron chi connectivity index (χ4n) is 6.33. The molecule has 1 aromatic carbocycles. The van der Waals surface area contributed by atoms with Crippen LogP contribution >= 0.6 is 0 Å². The van der Waals surface area contributed by atoms with Gasteiger partial charge in [0.2, 0.25) is 0 Å². The van der Waals surface area contributed by atoms with Gasteiger partial charge >= 0.3 is 12.2 Å². The molecular weight excluding hydrogens is 670 g/mol. The number of likely N-dealkylation sites (N-methyl/N-ethyl adjacent to an activating group) is 1. The number of anilines is 2. The number of benzene rings is 1. The molecule has 1 atom stereocenters. The van der Waals surface area contributed by atoms with Crippen LogP contribution in [0.4, 0.5) is 33.9 Å². The third-order valence-corrected chi connectivity index (χ3v) is 9.17. The second-order valence-electron chi connectivity index (χ2n) is 12.7. The van der Waals surface area contributed by atoms with E-state index in [0.717, 1.165) is 37.6 Å². The maximum absolute atomic E-state index is 14.8. The van der Waals surface area contributed by atoms with Crippen LogP contribution in [-0.2, 0) is 26.3 Å². The van der Waals surface area contributed by atoms with E-state index in [4.69, 9.17) is 4.74 Å². The zero-order valence-corrected chi connectivity index (χ0v) is 28.5. The number of rotatable bonds is 9. The summed E-state index contributed by atoms with van der Waals surface area (Å²) in [5.74, 6) is -1.39. The number of alkyl halides is 3. The Bertz CT molecular complexity index is 1890. The summed E-state index contributed by atoms with van der Waals surface area (Å²) in [4.78, 5) is 40.3. The molecule has 5 heterocycles. The number of carbonyl (C=O) groups excluding carboxylic acids is 2. The van der Waals surface area contributed by atoms with Crippen molar-refractivity contribution in [3.63, 3.8) is 0 Å². The molecule has 51 heavy (non-hydrogen) atoms. The lowest BCUT2D eigenvalue weighted by Crippen LogP contribution is -2.45. The van der Waals surface area contributed by atoms with Crippen molar-refractivity contribution in [1.29, 1.82) is 0 Å². The van der Waals surface area contributed by atoms with Gasteiger partial charge < -0.3 is 25.2 Å². The van der Waals surface area contributed by atoms with E-state index in [1.165, 1.54) is 46.4 Å². The molecule has 16 heteroatoms. The molecule has 1 unspecified atom stereocenters. The highest BCUT2D eigenvalue weighted by Crippen LogP contribution is 2.36. The summed E-state index contributed by atoms with van der Waals surface area (Å²) >= 11 is 0. The number of fused-ring (bicyclic) bond motifs is 1. The van der Waals surface area contributed by atoms with Gasteiger partial charge in [0, 0.05) is 76.7 Å². The number of aryl methyl sites for hydroxylation is 1. The van der Waals surface area contributed by atoms with Crippen LogP contribution in [0.15, 0.2) is 55.1 Å². The van der Waals surface area contributed by atoms with Gasteiger partial charge in [0.15, 0.2) is 11.6 Å². The minimum atomic E-state index is -4.60. The van der Waals surface area contributed by atoms with E-state index in [-0.39, 0.29) is 47.6 Å². The predicted octanol–water partition coefficient (Wildman–Crippen LogP) is 6.09. The number of halogens is 4. The summed E-state index contributed by atoms with van der Waals surface area (Å²) < 4.78 is 64.6. The normalized spacial score (nSPS) is 16.8. The van der Waals surface area contributed by atoms with Crippen LogP contribution in [-0.4, -0.2) is 85.7 Å². The van der Waals surface area contributed by atoms with Gasteiger partial charge in [0.25, 0.3) is 5.91 Å². The number of ether oxygens (including phenoxy) is 1. The number of amides is 3. The van der Waals surface area contributed by atoms with Crippen molar-refractivity contribution in [2.24, 2.45) is 7.05 Å². The van der Waals surface area contributed by atoms with Crippen LogP contribution in [0, 0.1) is 5.82 Å². The van der Waals surface area contributed by atoms with Gasteiger partial charge in [-0.1, -0.05) is 19.9 Å². The summed E-state index contributed by atoms with van der Waals surface area (Å²) in [5, 5.41) is 9.20. The fourth-order valence-corrected chi connectivity index (χ4v) is 6.33. The summed E-state index contributed by atoms with van der Waals surface area (Å²) in [7, 11) is 1.67. The molecule has 2 aliphatic heterocycles. The molecule has 4 aromatic rings. The van der Waals surface area contributed by atoms with Gasteiger partial charge in [-0.25, -0.2) is 14.2 Å². The summed E-state index contributed by atoms with van der Waals surface area (Å²) in [6.45, 7) is 8.48. The van der Waals surface area contributed by atoms with E-state index in [1.54, 1.807) is 13.1 Å². The number of nitrogens with one attached hydrogen (secondary N) is 2. The van der Waals surface area contributed by atoms with Crippen LogP contribution in [0.5, 0.6) is 11.5 Å². The number of hydrogen-bond acceptors (Lipinski definition) is 8. The molecule has 12 nitrogen and oxygen atoms in total. The molecule has 0 radical (unpaired) electrons. The van der Waals surface area contributed by atoms with Gasteiger partial charge in [-0.3, -0.25) is 19.4 Å². The Balaban J connectivity index is 1.15. The summed E-state index contributed by atoms with van der Waals surface area (Å²) in [6, 6.07) is 6.27. The Kier molecular flexibility index (Phi) is 10.5. The average Bonchev–Trinajstić information content (AvgIpc) is 3.56. The van der Waals surface area contributed by atoms with E-state index >= 15 is 0 Å². The lowest BCUT2D eigenvalue weighted by atomic mass is 9.92. The fraction of sp³-hybridized carbons (Fsp3) is 0.400. The van der Waals surface area contributed by atoms with Crippen molar-refractivity contribution >= 4 is 23.4 Å². The van der Waals surface area contributed by atoms with E-state index in [2.05, 4.69) is 37.5 Å². The molecule has 6 rings (SSSR count). The molecule has 3 amide bonds. The van der Waals surface area contributed by atoms with Gasteiger partial charge in [-0.15, -0.1) is 0 Å². The molecule has 1 fully saturated rings. The van der Waals surface area contributed by atoms with Crippen molar-refractivity contribution < 1.29 is 31.9 Å². The van der Waals surface area contributed by atoms with Crippen molar-refractivity contribution in [2.75, 3.05) is 49.9 Å². The number of carbonyl (C=O) groups is 2. The zero-order valence-electron chi connectivity index (χ0n) is 28.5. The van der Waals surface area contributed by atoms with Gasteiger partial charge in [-0.05, 0) is 42.3 Å². The Labute approximate surface area is 292 Å². The molecule has 1 saturated heterocycles. The van der Waals surface area contributed by atoms with E-state index in [1.807, 2.05) is 11.8 Å². The van der Waals surface area contributed by atoms with Crippen molar-refractivity contribution in [3.05, 3.63) is 88.9 Å². The Morgan fingerprint density at radius 2 is 1.75 bits per heavy atom. The van der Waals surface area contributed by atoms with Crippen molar-refractivity contribution in [3.8, 4) is 11.5 Å². The molecular formula is C35H39F4N9O3. The van der Waals surface area contributed by atoms with Crippen LogP contribution in [0.1, 0.15) is 58.9 Å². The first-order valence-electron chi connectivity index (χ1n) is 16.7. The number of aromatic nitrogens is 4. The van der Waals surface area contributed by atoms with Crippen LogP contribution < -0.4 is 15.4 Å². The van der Waals surface area contributed by atoms with Crippen LogP contribution in [0.3, 0.4) is 0 Å². The lowest BCUT2D eigenvalue weighted by Gasteiger charge is -2.34. The zero-order chi connectivity index (χ0) is 36.3. The average molecular weight is 710 g/mol. The van der Waals surface area contributed by atoms with Crippen LogP contribution in [0.25, 0.3) is 0 Å². The van der Waals surface area contributed by atoms with Crippen molar-refractivity contribution in [1.82, 2.24) is 34.4 Å². The second kappa shape index (κ2) is 15.0. The van der Waals surface area contributed by atoms with Crippen molar-refractivity contribution in [2.45, 2.75) is 45.5 Å². The van der Waals surface area contributed by atoms with E-state index in [0.29, 0.717) is 37.2 Å². The first-order chi connectivity index (χ1) is 24.4. The number of piperazine rings is 1. The molecule has 0 spiro atoms. The first kappa shape index (κ1) is 35.7. The minimum Gasteiger partial charge on any atom is -0.452 e. The number of pyridine rings is 2. The standard InChI is InChI=1S/C35H39F4N9O3/c1-4-22-20-48(34(50)43-26-7-6-23(28(13-26)35(37,38)39)19-47-10-8-46(5-2)9-11-47)21-24-12-27(16-41-32(22)24)51-30-14-31(40-17-29(30)36)44-33(49)25-15-42-45(3)18-25/h6-7,12-18,22H,4-5,8-11,19-21H2,1-3H3,(H,43,50)(H,40,44,49). The molecule has 0 saturated carbocycles. The molecule has 3 aromatic heterocycles. The highest BCUT2D eigenvalue weighted by Gasteiger charge is 2.35. The number of urea groups is 1. The SMILES string of the molecule is CCC1CN(C(=O)Nc2ccc(CN3CCN(CC)CC3)c(C(F)(F)F)c2)Cc2cc(Oc3cc(NC(=O)c4cnn(C)c4)ncc3F)cnc21. The van der Waals surface area contributed by atoms with Gasteiger partial charge in [0.1, 0.15) is 11.6 Å². The first-order valence-corrected chi connectivity index (χ1v) is 16.7. The summed E-state index contributed by atoms with van der Waals surface area (Å²) in [5.41, 5.74) is 1.11. The largest absolute Gasteiger partial charge is 0.452 e. The topological polar surface area (TPSA) is 121 Å². The second-order valence-corrected chi connectivity index (χ2v) is 12.7.